The summed E-state index contributed by atoms with van der Waals surface area (Å²) in [6.45, 7) is 2.66. The number of hydrogen-bond acceptors (Lipinski definition) is 2. The van der Waals surface area contributed by atoms with Gasteiger partial charge in [-0.15, -0.1) is 0 Å². The Labute approximate surface area is 135 Å². The van der Waals surface area contributed by atoms with E-state index in [1.54, 1.807) is 12.1 Å². The Morgan fingerprint density at radius 2 is 2.14 bits per heavy atom. The maximum Gasteiger partial charge on any atom is 0.279 e. The van der Waals surface area contributed by atoms with Gasteiger partial charge in [-0.05, 0) is 43.3 Å². The van der Waals surface area contributed by atoms with Crippen molar-refractivity contribution in [1.29, 1.82) is 0 Å². The van der Waals surface area contributed by atoms with Crippen molar-refractivity contribution in [3.8, 4) is 0 Å². The summed E-state index contributed by atoms with van der Waals surface area (Å²) >= 11 is 7.39. The summed E-state index contributed by atoms with van der Waals surface area (Å²) in [5, 5.41) is 0.639. The summed E-state index contributed by atoms with van der Waals surface area (Å²) in [7, 11) is 0. The first kappa shape index (κ1) is 14.9. The van der Waals surface area contributed by atoms with Crippen LogP contribution in [0.5, 0.6) is 0 Å². The van der Waals surface area contributed by atoms with E-state index in [0.717, 1.165) is 10.2 Å². The SMILES string of the molecule is CCn1c(=NC(=O)c2cccc(F)c2)sc2cc(Cl)ccc21. The number of fused-ring (bicyclic) bond motifs is 1. The molecule has 0 N–H and O–H groups in total. The number of thiazole rings is 1. The Balaban J connectivity index is 2.14. The lowest BCUT2D eigenvalue weighted by Gasteiger charge is -2.00. The van der Waals surface area contributed by atoms with Crippen LogP contribution in [0.1, 0.15) is 17.3 Å². The van der Waals surface area contributed by atoms with E-state index in [1.165, 1.54) is 29.5 Å². The largest absolute Gasteiger partial charge is 0.317 e. The lowest BCUT2D eigenvalue weighted by Crippen LogP contribution is -2.15. The van der Waals surface area contributed by atoms with Gasteiger partial charge in [0.25, 0.3) is 5.91 Å². The minimum Gasteiger partial charge on any atom is -0.317 e. The Hall–Kier alpha value is -1.98. The van der Waals surface area contributed by atoms with Crippen LogP contribution in [0, 0.1) is 5.82 Å². The quantitative estimate of drug-likeness (QED) is 0.689. The molecule has 0 saturated heterocycles. The number of halogens is 2. The molecule has 112 valence electrons. The molecule has 1 heterocycles. The van der Waals surface area contributed by atoms with Crippen molar-refractivity contribution in [1.82, 2.24) is 4.57 Å². The van der Waals surface area contributed by atoms with Gasteiger partial charge in [0.05, 0.1) is 10.2 Å². The van der Waals surface area contributed by atoms with Gasteiger partial charge >= 0.3 is 0 Å². The molecule has 6 heteroatoms. The molecule has 3 nitrogen and oxygen atoms in total. The molecule has 1 amide bonds. The zero-order valence-corrected chi connectivity index (χ0v) is 13.3. The van der Waals surface area contributed by atoms with Crippen LogP contribution >= 0.6 is 22.9 Å². The van der Waals surface area contributed by atoms with Gasteiger partial charge in [0.2, 0.25) is 0 Å². The summed E-state index contributed by atoms with van der Waals surface area (Å²) < 4.78 is 16.1. The molecule has 0 fully saturated rings. The third-order valence-corrected chi connectivity index (χ3v) is 4.51. The molecule has 0 aliphatic carbocycles. The molecule has 3 rings (SSSR count). The van der Waals surface area contributed by atoms with Crippen LogP contribution in [0.25, 0.3) is 10.2 Å². The fourth-order valence-corrected chi connectivity index (χ4v) is 3.58. The van der Waals surface area contributed by atoms with Gasteiger partial charge in [-0.1, -0.05) is 29.0 Å². The molecule has 0 aliphatic heterocycles. The highest BCUT2D eigenvalue weighted by Gasteiger charge is 2.09. The fourth-order valence-electron chi connectivity index (χ4n) is 2.21. The van der Waals surface area contributed by atoms with Crippen molar-refractivity contribution in [2.45, 2.75) is 13.5 Å². The smallest absolute Gasteiger partial charge is 0.279 e. The molecule has 0 bridgehead atoms. The molecule has 22 heavy (non-hydrogen) atoms. The van der Waals surface area contributed by atoms with Crippen LogP contribution in [-0.4, -0.2) is 10.5 Å². The topological polar surface area (TPSA) is 34.4 Å². The summed E-state index contributed by atoms with van der Waals surface area (Å²) in [4.78, 5) is 16.9. The third kappa shape index (κ3) is 2.82. The van der Waals surface area contributed by atoms with E-state index in [1.807, 2.05) is 23.6 Å². The molecule has 2 aromatic carbocycles. The Kier molecular flexibility index (Phi) is 4.09. The minimum atomic E-state index is -0.459. The predicted molar refractivity (Wildman–Crippen MR) is 86.8 cm³/mol. The molecule has 3 aromatic rings. The number of benzene rings is 2. The first-order valence-corrected chi connectivity index (χ1v) is 7.91. The van der Waals surface area contributed by atoms with Gasteiger partial charge < -0.3 is 4.57 Å². The number of aryl methyl sites for hydroxylation is 1. The Morgan fingerprint density at radius 3 is 2.86 bits per heavy atom. The van der Waals surface area contributed by atoms with Crippen molar-refractivity contribution in [2.24, 2.45) is 4.99 Å². The summed E-state index contributed by atoms with van der Waals surface area (Å²) in [6.07, 6.45) is 0. The van der Waals surface area contributed by atoms with Crippen molar-refractivity contribution in [3.63, 3.8) is 0 Å². The maximum atomic E-state index is 13.2. The van der Waals surface area contributed by atoms with E-state index < -0.39 is 11.7 Å². The summed E-state index contributed by atoms with van der Waals surface area (Å²) in [6, 6.07) is 11.1. The highest BCUT2D eigenvalue weighted by molar-refractivity contribution is 7.16. The average Bonchev–Trinajstić information content (AvgIpc) is 2.83. The summed E-state index contributed by atoms with van der Waals surface area (Å²) in [5.41, 5.74) is 1.21. The zero-order chi connectivity index (χ0) is 15.7. The van der Waals surface area contributed by atoms with Crippen LogP contribution in [0.2, 0.25) is 5.02 Å². The van der Waals surface area contributed by atoms with Gasteiger partial charge in [0.15, 0.2) is 4.80 Å². The third-order valence-electron chi connectivity index (χ3n) is 3.23. The van der Waals surface area contributed by atoms with E-state index in [4.69, 9.17) is 11.6 Å². The maximum absolute atomic E-state index is 13.2. The molecule has 0 radical (unpaired) electrons. The number of nitrogens with zero attached hydrogens (tertiary/aromatic N) is 2. The predicted octanol–water partition coefficient (Wildman–Crippen LogP) is 4.26. The standard InChI is InChI=1S/C16H12ClFN2OS/c1-2-20-13-7-6-11(17)9-14(13)22-16(20)19-15(21)10-4-3-5-12(18)8-10/h3-9H,2H2,1H3. The van der Waals surface area contributed by atoms with E-state index in [0.29, 0.717) is 16.4 Å². The fraction of sp³-hybridized carbons (Fsp3) is 0.125. The first-order valence-electron chi connectivity index (χ1n) is 6.72. The lowest BCUT2D eigenvalue weighted by molar-refractivity contribution is 0.0997. The highest BCUT2D eigenvalue weighted by Crippen LogP contribution is 2.21. The van der Waals surface area contributed by atoms with Crippen molar-refractivity contribution in [2.75, 3.05) is 0 Å². The lowest BCUT2D eigenvalue weighted by atomic mass is 10.2. The highest BCUT2D eigenvalue weighted by atomic mass is 35.5. The van der Waals surface area contributed by atoms with E-state index in [-0.39, 0.29) is 5.56 Å². The van der Waals surface area contributed by atoms with Gasteiger partial charge in [-0.25, -0.2) is 4.39 Å². The van der Waals surface area contributed by atoms with Crippen molar-refractivity contribution < 1.29 is 9.18 Å². The number of carbonyl (C=O) groups is 1. The van der Waals surface area contributed by atoms with Crippen LogP contribution in [-0.2, 0) is 6.54 Å². The molecule has 0 aliphatic rings. The Bertz CT molecular complexity index is 929. The molecule has 1 aromatic heterocycles. The number of carbonyl (C=O) groups excluding carboxylic acids is 1. The van der Waals surface area contributed by atoms with Gasteiger partial charge in [-0.2, -0.15) is 4.99 Å². The number of hydrogen-bond donors (Lipinski definition) is 0. The van der Waals surface area contributed by atoms with Crippen LogP contribution in [0.3, 0.4) is 0 Å². The molecule has 0 atom stereocenters. The molecule has 0 spiro atoms. The normalized spacial score (nSPS) is 12.0. The number of rotatable bonds is 2. The van der Waals surface area contributed by atoms with Crippen LogP contribution in [0.15, 0.2) is 47.5 Å². The summed E-state index contributed by atoms with van der Waals surface area (Å²) in [5.74, 6) is -0.910. The van der Waals surface area contributed by atoms with E-state index >= 15 is 0 Å². The van der Waals surface area contributed by atoms with Gasteiger partial charge in [-0.3, -0.25) is 4.79 Å². The second-order valence-electron chi connectivity index (χ2n) is 4.67. The van der Waals surface area contributed by atoms with Crippen LogP contribution in [0.4, 0.5) is 4.39 Å². The number of amides is 1. The average molecular weight is 335 g/mol. The van der Waals surface area contributed by atoms with E-state index in [2.05, 4.69) is 4.99 Å². The number of aromatic nitrogens is 1. The molecular weight excluding hydrogens is 323 g/mol. The van der Waals surface area contributed by atoms with Crippen LogP contribution < -0.4 is 4.80 Å². The second kappa shape index (κ2) is 6.02. The minimum absolute atomic E-state index is 0.234. The molecule has 0 unspecified atom stereocenters. The van der Waals surface area contributed by atoms with Crippen molar-refractivity contribution in [3.05, 3.63) is 63.7 Å². The monoisotopic (exact) mass is 334 g/mol. The van der Waals surface area contributed by atoms with Crippen molar-refractivity contribution >= 4 is 39.1 Å². The van der Waals surface area contributed by atoms with Gasteiger partial charge in [0, 0.05) is 17.1 Å². The molecule has 0 saturated carbocycles. The van der Waals surface area contributed by atoms with Gasteiger partial charge in [0.1, 0.15) is 5.82 Å². The zero-order valence-electron chi connectivity index (χ0n) is 11.7. The Morgan fingerprint density at radius 1 is 1.32 bits per heavy atom. The molecular formula is C16H12ClFN2OS. The van der Waals surface area contributed by atoms with E-state index in [9.17, 15) is 9.18 Å². The first-order chi connectivity index (χ1) is 10.6. The second-order valence-corrected chi connectivity index (χ2v) is 6.11.